The average Bonchev–Trinajstić information content (AvgIpc) is 2.66. The lowest BCUT2D eigenvalue weighted by Gasteiger charge is -2.14. The molecule has 0 saturated heterocycles. The second-order valence-electron chi connectivity index (χ2n) is 4.34. The van der Waals surface area contributed by atoms with Gasteiger partial charge in [0.05, 0.1) is 12.0 Å². The molecule has 0 atom stereocenters. The highest BCUT2D eigenvalue weighted by molar-refractivity contribution is 4.96. The highest BCUT2D eigenvalue weighted by atomic mass is 15.1. The molecule has 2 N–H and O–H groups in total. The maximum Gasteiger partial charge on any atom is 0.0950 e. The molecule has 0 bridgehead atoms. The molecule has 0 radical (unpaired) electrons. The molecule has 4 nitrogen and oxygen atoms in total. The fourth-order valence-electron chi connectivity index (χ4n) is 1.75. The van der Waals surface area contributed by atoms with Crippen LogP contribution in [-0.2, 0) is 13.1 Å². The van der Waals surface area contributed by atoms with Crippen LogP contribution in [0.15, 0.2) is 12.5 Å². The van der Waals surface area contributed by atoms with Gasteiger partial charge in [-0.3, -0.25) is 0 Å². The Bertz CT molecular complexity index is 282. The van der Waals surface area contributed by atoms with Crippen molar-refractivity contribution < 1.29 is 0 Å². The second kappa shape index (κ2) is 7.41. The zero-order valence-corrected chi connectivity index (χ0v) is 10.5. The minimum absolute atomic E-state index is 0.669. The molecule has 0 aromatic carbocycles. The van der Waals surface area contributed by atoms with Crippen LogP contribution in [0.25, 0.3) is 0 Å². The highest BCUT2D eigenvalue weighted by Gasteiger charge is 2.02. The molecule has 0 amide bonds. The van der Waals surface area contributed by atoms with Crippen LogP contribution in [0, 0.1) is 0 Å². The number of aromatic nitrogens is 2. The summed E-state index contributed by atoms with van der Waals surface area (Å²) in [7, 11) is 2.15. The van der Waals surface area contributed by atoms with Gasteiger partial charge in [-0.25, -0.2) is 4.98 Å². The quantitative estimate of drug-likeness (QED) is 0.680. The summed E-state index contributed by atoms with van der Waals surface area (Å²) in [5.74, 6) is 0. The van der Waals surface area contributed by atoms with E-state index < -0.39 is 0 Å². The summed E-state index contributed by atoms with van der Waals surface area (Å²) in [4.78, 5) is 6.69. The summed E-state index contributed by atoms with van der Waals surface area (Å²) in [5.41, 5.74) is 6.62. The zero-order valence-electron chi connectivity index (χ0n) is 10.5. The lowest BCUT2D eigenvalue weighted by Crippen LogP contribution is -2.19. The van der Waals surface area contributed by atoms with Gasteiger partial charge in [0.2, 0.25) is 0 Å². The van der Waals surface area contributed by atoms with Gasteiger partial charge in [-0.15, -0.1) is 0 Å². The van der Waals surface area contributed by atoms with E-state index >= 15 is 0 Å². The molecule has 0 aliphatic rings. The van der Waals surface area contributed by atoms with Gasteiger partial charge in [-0.1, -0.05) is 19.8 Å². The third-order valence-corrected chi connectivity index (χ3v) is 2.65. The lowest BCUT2D eigenvalue weighted by molar-refractivity contribution is 0.315. The number of nitrogens with two attached hydrogens (primary N) is 1. The van der Waals surface area contributed by atoms with Gasteiger partial charge in [-0.05, 0) is 20.0 Å². The Labute approximate surface area is 98.5 Å². The molecule has 1 heterocycles. The van der Waals surface area contributed by atoms with E-state index in [1.54, 1.807) is 0 Å². The Hall–Kier alpha value is -0.870. The number of unbranched alkanes of at least 4 members (excludes halogenated alkanes) is 2. The molecule has 1 aromatic rings. The summed E-state index contributed by atoms with van der Waals surface area (Å²) in [6.07, 6.45) is 7.81. The molecular weight excluding hydrogens is 200 g/mol. The topological polar surface area (TPSA) is 47.1 Å². The maximum absolute atomic E-state index is 5.49. The Morgan fingerprint density at radius 2 is 2.25 bits per heavy atom. The average molecular weight is 224 g/mol. The van der Waals surface area contributed by atoms with Crippen LogP contribution >= 0.6 is 0 Å². The fraction of sp³-hybridized carbons (Fsp3) is 0.750. The normalized spacial score (nSPS) is 11.2. The number of hydrogen-bond donors (Lipinski definition) is 1. The minimum Gasteiger partial charge on any atom is -0.336 e. The van der Waals surface area contributed by atoms with E-state index in [2.05, 4.69) is 34.6 Å². The third-order valence-electron chi connectivity index (χ3n) is 2.65. The first-order chi connectivity index (χ1) is 7.76. The third kappa shape index (κ3) is 4.77. The van der Waals surface area contributed by atoms with Gasteiger partial charge in [0.15, 0.2) is 0 Å². The summed E-state index contributed by atoms with van der Waals surface area (Å²) >= 11 is 0. The lowest BCUT2D eigenvalue weighted by atomic mass is 10.2. The van der Waals surface area contributed by atoms with E-state index in [1.807, 2.05) is 6.33 Å². The van der Waals surface area contributed by atoms with Gasteiger partial charge < -0.3 is 15.2 Å². The Morgan fingerprint density at radius 3 is 2.94 bits per heavy atom. The van der Waals surface area contributed by atoms with Gasteiger partial charge in [0.1, 0.15) is 0 Å². The van der Waals surface area contributed by atoms with E-state index in [0.717, 1.165) is 25.3 Å². The predicted octanol–water partition coefficient (Wildman–Crippen LogP) is 1.46. The second-order valence-corrected chi connectivity index (χ2v) is 4.34. The first-order valence-corrected chi connectivity index (χ1v) is 6.15. The summed E-state index contributed by atoms with van der Waals surface area (Å²) in [6.45, 7) is 5.84. The number of imidazole rings is 1. The first-order valence-electron chi connectivity index (χ1n) is 6.15. The van der Waals surface area contributed by atoms with Crippen molar-refractivity contribution in [2.24, 2.45) is 5.73 Å². The van der Waals surface area contributed by atoms with Gasteiger partial charge in [-0.2, -0.15) is 0 Å². The van der Waals surface area contributed by atoms with E-state index in [0.29, 0.717) is 6.54 Å². The highest BCUT2D eigenvalue weighted by Crippen LogP contribution is 2.03. The fourth-order valence-corrected chi connectivity index (χ4v) is 1.75. The SMILES string of the molecule is CCCCCN(C)Cc1cn(CCN)cn1. The molecule has 0 saturated carbocycles. The van der Waals surface area contributed by atoms with Crippen molar-refractivity contribution in [1.29, 1.82) is 0 Å². The van der Waals surface area contributed by atoms with E-state index in [9.17, 15) is 0 Å². The Morgan fingerprint density at radius 1 is 1.44 bits per heavy atom. The molecule has 0 aliphatic heterocycles. The standard InChI is InChI=1S/C12H24N4/c1-3-4-5-7-15(2)9-12-10-16(8-6-13)11-14-12/h10-11H,3-9,13H2,1-2H3. The summed E-state index contributed by atoms with van der Waals surface area (Å²) in [6, 6.07) is 0. The van der Waals surface area contributed by atoms with Crippen molar-refractivity contribution >= 4 is 0 Å². The molecule has 16 heavy (non-hydrogen) atoms. The Kier molecular flexibility index (Phi) is 6.11. The van der Waals surface area contributed by atoms with Gasteiger partial charge in [0.25, 0.3) is 0 Å². The van der Waals surface area contributed by atoms with Crippen molar-refractivity contribution in [2.45, 2.75) is 39.3 Å². The van der Waals surface area contributed by atoms with E-state index in [1.165, 1.54) is 19.3 Å². The number of nitrogens with zero attached hydrogens (tertiary/aromatic N) is 3. The van der Waals surface area contributed by atoms with Crippen molar-refractivity contribution in [3.05, 3.63) is 18.2 Å². The van der Waals surface area contributed by atoms with Crippen LogP contribution in [0.1, 0.15) is 31.9 Å². The number of rotatable bonds is 8. The predicted molar refractivity (Wildman–Crippen MR) is 67.1 cm³/mol. The van der Waals surface area contributed by atoms with Crippen LogP contribution in [0.2, 0.25) is 0 Å². The van der Waals surface area contributed by atoms with E-state index in [4.69, 9.17) is 5.73 Å². The van der Waals surface area contributed by atoms with Crippen LogP contribution in [-0.4, -0.2) is 34.6 Å². The van der Waals surface area contributed by atoms with Crippen LogP contribution in [0.5, 0.6) is 0 Å². The van der Waals surface area contributed by atoms with Gasteiger partial charge >= 0.3 is 0 Å². The first kappa shape index (κ1) is 13.2. The molecule has 0 unspecified atom stereocenters. The molecule has 0 spiro atoms. The molecule has 0 fully saturated rings. The van der Waals surface area contributed by atoms with E-state index in [-0.39, 0.29) is 0 Å². The van der Waals surface area contributed by atoms with Crippen molar-refractivity contribution in [3.8, 4) is 0 Å². The minimum atomic E-state index is 0.669. The molecule has 92 valence electrons. The van der Waals surface area contributed by atoms with Gasteiger partial charge in [0, 0.05) is 25.8 Å². The van der Waals surface area contributed by atoms with Crippen LogP contribution in [0.3, 0.4) is 0 Å². The summed E-state index contributed by atoms with van der Waals surface area (Å²) in [5, 5.41) is 0. The molecule has 0 aliphatic carbocycles. The molecule has 4 heteroatoms. The maximum atomic E-state index is 5.49. The zero-order chi connectivity index (χ0) is 11.8. The molecule has 1 rings (SSSR count). The van der Waals surface area contributed by atoms with Crippen LogP contribution in [0.4, 0.5) is 0 Å². The van der Waals surface area contributed by atoms with Crippen LogP contribution < -0.4 is 5.73 Å². The largest absolute Gasteiger partial charge is 0.336 e. The summed E-state index contributed by atoms with van der Waals surface area (Å²) < 4.78 is 2.05. The number of hydrogen-bond acceptors (Lipinski definition) is 3. The smallest absolute Gasteiger partial charge is 0.0950 e. The Balaban J connectivity index is 2.28. The molecular formula is C12H24N4. The van der Waals surface area contributed by atoms with Crippen molar-refractivity contribution in [2.75, 3.05) is 20.1 Å². The monoisotopic (exact) mass is 224 g/mol. The van der Waals surface area contributed by atoms with Crippen molar-refractivity contribution in [1.82, 2.24) is 14.5 Å². The molecule has 1 aromatic heterocycles. The van der Waals surface area contributed by atoms with Crippen molar-refractivity contribution in [3.63, 3.8) is 0 Å².